The summed E-state index contributed by atoms with van der Waals surface area (Å²) in [5, 5.41) is 7.64. The Balaban J connectivity index is 2.00. The van der Waals surface area contributed by atoms with Gasteiger partial charge in [-0.1, -0.05) is 31.5 Å². The molecule has 130 valence electrons. The van der Waals surface area contributed by atoms with Crippen molar-refractivity contribution in [2.75, 3.05) is 5.32 Å². The van der Waals surface area contributed by atoms with Crippen molar-refractivity contribution in [2.45, 2.75) is 60.9 Å². The molecule has 2 rings (SSSR count). The smallest absolute Gasteiger partial charge is 0.224 e. The minimum absolute atomic E-state index is 0.0531. The fourth-order valence-corrected chi connectivity index (χ4v) is 3.02. The first-order valence-corrected chi connectivity index (χ1v) is 8.68. The first kappa shape index (κ1) is 18.2. The Labute approximate surface area is 145 Å². The number of hydrogen-bond donors (Lipinski definition) is 1. The van der Waals surface area contributed by atoms with Gasteiger partial charge in [-0.3, -0.25) is 9.48 Å². The number of benzene rings is 1. The molecule has 1 aromatic carbocycles. The van der Waals surface area contributed by atoms with Crippen molar-refractivity contribution in [3.05, 3.63) is 46.3 Å². The number of aromatic nitrogens is 2. The predicted octanol–water partition coefficient (Wildman–Crippen LogP) is 4.34. The summed E-state index contributed by atoms with van der Waals surface area (Å²) in [7, 11) is 0. The highest BCUT2D eigenvalue weighted by molar-refractivity contribution is 5.91. The van der Waals surface area contributed by atoms with E-state index in [9.17, 15) is 4.79 Å². The van der Waals surface area contributed by atoms with Crippen LogP contribution < -0.4 is 5.32 Å². The monoisotopic (exact) mass is 327 g/mol. The lowest BCUT2D eigenvalue weighted by atomic mass is 10.1. The zero-order valence-corrected chi connectivity index (χ0v) is 15.7. The van der Waals surface area contributed by atoms with Crippen LogP contribution in [0, 0.1) is 33.6 Å². The zero-order valence-electron chi connectivity index (χ0n) is 15.7. The third kappa shape index (κ3) is 4.47. The summed E-state index contributed by atoms with van der Waals surface area (Å²) in [4.78, 5) is 12.3. The third-order valence-electron chi connectivity index (χ3n) is 4.33. The van der Waals surface area contributed by atoms with Gasteiger partial charge in [0.2, 0.25) is 5.91 Å². The minimum atomic E-state index is 0.0531. The van der Waals surface area contributed by atoms with Crippen molar-refractivity contribution in [2.24, 2.45) is 5.92 Å². The fraction of sp³-hybridized carbons (Fsp3) is 0.500. The van der Waals surface area contributed by atoms with Gasteiger partial charge in [0.15, 0.2) is 0 Å². The van der Waals surface area contributed by atoms with Crippen molar-refractivity contribution in [1.82, 2.24) is 9.78 Å². The number of rotatable bonds is 6. The molecule has 0 spiro atoms. The quantitative estimate of drug-likeness (QED) is 0.857. The summed E-state index contributed by atoms with van der Waals surface area (Å²) in [5.74, 6) is 0.612. The molecule has 0 saturated carbocycles. The van der Waals surface area contributed by atoms with Crippen molar-refractivity contribution in [3.63, 3.8) is 0 Å². The number of aryl methyl sites for hydroxylation is 3. The molecule has 2 aromatic rings. The summed E-state index contributed by atoms with van der Waals surface area (Å²) in [6.07, 6.45) is 1.20. The molecule has 1 aromatic heterocycles. The molecule has 0 radical (unpaired) electrons. The Bertz CT molecular complexity index is 729. The standard InChI is InChI=1S/C20H29N3O/c1-13(2)12-23-17(6)18(16(5)22-23)8-10-20(24)21-19-9-7-14(3)11-15(19)4/h7,9,11,13H,8,10,12H2,1-6H3,(H,21,24). The average molecular weight is 327 g/mol. The number of hydrogen-bond acceptors (Lipinski definition) is 2. The van der Waals surface area contributed by atoms with Crippen LogP contribution in [0.2, 0.25) is 0 Å². The van der Waals surface area contributed by atoms with E-state index in [0.717, 1.165) is 29.9 Å². The first-order chi connectivity index (χ1) is 11.3. The van der Waals surface area contributed by atoms with E-state index in [4.69, 9.17) is 0 Å². The van der Waals surface area contributed by atoms with Gasteiger partial charge >= 0.3 is 0 Å². The van der Waals surface area contributed by atoms with Crippen LogP contribution in [-0.4, -0.2) is 15.7 Å². The summed E-state index contributed by atoms with van der Waals surface area (Å²) in [6, 6.07) is 6.08. The van der Waals surface area contributed by atoms with Crippen LogP contribution in [0.25, 0.3) is 0 Å². The van der Waals surface area contributed by atoms with E-state index in [1.807, 2.05) is 26.0 Å². The van der Waals surface area contributed by atoms with Gasteiger partial charge in [-0.25, -0.2) is 0 Å². The van der Waals surface area contributed by atoms with Gasteiger partial charge < -0.3 is 5.32 Å². The number of amides is 1. The third-order valence-corrected chi connectivity index (χ3v) is 4.33. The topological polar surface area (TPSA) is 46.9 Å². The number of nitrogens with zero attached hydrogens (tertiary/aromatic N) is 2. The number of nitrogens with one attached hydrogen (secondary N) is 1. The van der Waals surface area contributed by atoms with Gasteiger partial charge in [-0.2, -0.15) is 5.10 Å². The van der Waals surface area contributed by atoms with Crippen LogP contribution in [0.15, 0.2) is 18.2 Å². The SMILES string of the molecule is Cc1ccc(NC(=O)CCc2c(C)nn(CC(C)C)c2C)c(C)c1. The molecule has 4 nitrogen and oxygen atoms in total. The van der Waals surface area contributed by atoms with Crippen LogP contribution in [0.4, 0.5) is 5.69 Å². The second-order valence-electron chi connectivity index (χ2n) is 7.09. The lowest BCUT2D eigenvalue weighted by Gasteiger charge is -2.10. The molecule has 0 saturated heterocycles. The molecule has 0 aliphatic rings. The first-order valence-electron chi connectivity index (χ1n) is 8.68. The van der Waals surface area contributed by atoms with Gasteiger partial charge in [0, 0.05) is 24.3 Å². The molecule has 0 aliphatic carbocycles. The number of anilines is 1. The van der Waals surface area contributed by atoms with Crippen molar-refractivity contribution < 1.29 is 4.79 Å². The molecule has 0 bridgehead atoms. The molecule has 0 aliphatic heterocycles. The Morgan fingerprint density at radius 3 is 2.54 bits per heavy atom. The van der Waals surface area contributed by atoms with Crippen LogP contribution in [0.1, 0.15) is 48.3 Å². The summed E-state index contributed by atoms with van der Waals surface area (Å²) >= 11 is 0. The molecule has 1 N–H and O–H groups in total. The fourth-order valence-electron chi connectivity index (χ4n) is 3.02. The molecule has 1 heterocycles. The van der Waals surface area contributed by atoms with Crippen LogP contribution in [-0.2, 0) is 17.8 Å². The summed E-state index contributed by atoms with van der Waals surface area (Å²) in [6.45, 7) is 13.5. The van der Waals surface area contributed by atoms with Gasteiger partial charge in [0.1, 0.15) is 0 Å². The van der Waals surface area contributed by atoms with Crippen LogP contribution in [0.5, 0.6) is 0 Å². The van der Waals surface area contributed by atoms with Crippen molar-refractivity contribution in [3.8, 4) is 0 Å². The lowest BCUT2D eigenvalue weighted by molar-refractivity contribution is -0.116. The van der Waals surface area contributed by atoms with Gasteiger partial charge in [0.05, 0.1) is 5.69 Å². The highest BCUT2D eigenvalue weighted by Crippen LogP contribution is 2.19. The summed E-state index contributed by atoms with van der Waals surface area (Å²) < 4.78 is 2.07. The molecule has 0 unspecified atom stereocenters. The molecule has 0 atom stereocenters. The van der Waals surface area contributed by atoms with Crippen molar-refractivity contribution in [1.29, 1.82) is 0 Å². The normalized spacial score (nSPS) is 11.1. The highest BCUT2D eigenvalue weighted by Gasteiger charge is 2.14. The second-order valence-corrected chi connectivity index (χ2v) is 7.09. The second kappa shape index (κ2) is 7.65. The maximum atomic E-state index is 12.3. The molecule has 4 heteroatoms. The molecular formula is C20H29N3O. The maximum Gasteiger partial charge on any atom is 0.224 e. The van der Waals surface area contributed by atoms with E-state index in [-0.39, 0.29) is 5.91 Å². The van der Waals surface area contributed by atoms with Crippen molar-refractivity contribution >= 4 is 11.6 Å². The zero-order chi connectivity index (χ0) is 17.9. The lowest BCUT2D eigenvalue weighted by Crippen LogP contribution is -2.14. The Morgan fingerprint density at radius 1 is 1.21 bits per heavy atom. The van der Waals surface area contributed by atoms with Gasteiger partial charge in [-0.15, -0.1) is 0 Å². The van der Waals surface area contributed by atoms with E-state index < -0.39 is 0 Å². The average Bonchev–Trinajstić information content (AvgIpc) is 2.74. The molecule has 1 amide bonds. The van der Waals surface area contributed by atoms with Crippen LogP contribution in [0.3, 0.4) is 0 Å². The summed E-state index contributed by atoms with van der Waals surface area (Å²) in [5.41, 5.74) is 6.61. The van der Waals surface area contributed by atoms with Gasteiger partial charge in [0.25, 0.3) is 0 Å². The Kier molecular flexibility index (Phi) is 5.81. The van der Waals surface area contributed by atoms with E-state index in [2.05, 4.69) is 48.9 Å². The van der Waals surface area contributed by atoms with E-state index in [0.29, 0.717) is 12.3 Å². The molecule has 24 heavy (non-hydrogen) atoms. The largest absolute Gasteiger partial charge is 0.326 e. The number of carbonyl (C=O) groups excluding carboxylic acids is 1. The highest BCUT2D eigenvalue weighted by atomic mass is 16.1. The number of carbonyl (C=O) groups is 1. The molecular weight excluding hydrogens is 298 g/mol. The van der Waals surface area contributed by atoms with E-state index in [1.54, 1.807) is 0 Å². The van der Waals surface area contributed by atoms with E-state index in [1.165, 1.54) is 16.8 Å². The minimum Gasteiger partial charge on any atom is -0.326 e. The molecule has 0 fully saturated rings. The predicted molar refractivity (Wildman–Crippen MR) is 99.4 cm³/mol. The van der Waals surface area contributed by atoms with Crippen LogP contribution >= 0.6 is 0 Å². The maximum absolute atomic E-state index is 12.3. The van der Waals surface area contributed by atoms with E-state index >= 15 is 0 Å². The van der Waals surface area contributed by atoms with Gasteiger partial charge in [-0.05, 0) is 57.2 Å². The Hall–Kier alpha value is -2.10. The Morgan fingerprint density at radius 2 is 1.92 bits per heavy atom.